The van der Waals surface area contributed by atoms with Gasteiger partial charge in [-0.3, -0.25) is 10.4 Å². The highest BCUT2D eigenvalue weighted by Gasteiger charge is 2.03. The van der Waals surface area contributed by atoms with E-state index >= 15 is 0 Å². The molecular formula is C10H20N6O. The van der Waals surface area contributed by atoms with E-state index in [-0.39, 0.29) is 6.04 Å². The SMILES string of the molecule is COCC(C)NC(=NCCc1cnc[nH]1)NN. The number of aromatic amines is 1. The predicted molar refractivity (Wildman–Crippen MR) is 66.4 cm³/mol. The summed E-state index contributed by atoms with van der Waals surface area (Å²) in [4.78, 5) is 11.3. The molecule has 96 valence electrons. The van der Waals surface area contributed by atoms with Gasteiger partial charge in [0.15, 0.2) is 0 Å². The highest BCUT2D eigenvalue weighted by Crippen LogP contribution is 1.92. The van der Waals surface area contributed by atoms with Gasteiger partial charge in [0.1, 0.15) is 0 Å². The van der Waals surface area contributed by atoms with E-state index in [1.807, 2.05) is 6.92 Å². The van der Waals surface area contributed by atoms with Gasteiger partial charge in [-0.2, -0.15) is 0 Å². The van der Waals surface area contributed by atoms with Gasteiger partial charge < -0.3 is 15.0 Å². The minimum Gasteiger partial charge on any atom is -0.383 e. The molecule has 0 bridgehead atoms. The zero-order valence-electron chi connectivity index (χ0n) is 10.2. The number of aromatic nitrogens is 2. The monoisotopic (exact) mass is 240 g/mol. The van der Waals surface area contributed by atoms with Crippen molar-refractivity contribution in [2.75, 3.05) is 20.3 Å². The quantitative estimate of drug-likeness (QED) is 0.230. The van der Waals surface area contributed by atoms with Crippen LogP contribution in [0.5, 0.6) is 0 Å². The van der Waals surface area contributed by atoms with E-state index in [1.165, 1.54) is 0 Å². The van der Waals surface area contributed by atoms with Crippen molar-refractivity contribution < 1.29 is 4.74 Å². The van der Waals surface area contributed by atoms with Gasteiger partial charge in [-0.05, 0) is 6.92 Å². The first kappa shape index (κ1) is 13.5. The summed E-state index contributed by atoms with van der Waals surface area (Å²) in [6.45, 7) is 3.22. The fourth-order valence-electron chi connectivity index (χ4n) is 1.37. The van der Waals surface area contributed by atoms with Crippen LogP contribution in [0.15, 0.2) is 17.5 Å². The van der Waals surface area contributed by atoms with Gasteiger partial charge in [0.2, 0.25) is 5.96 Å². The summed E-state index contributed by atoms with van der Waals surface area (Å²) in [6, 6.07) is 0.155. The lowest BCUT2D eigenvalue weighted by Gasteiger charge is -2.15. The van der Waals surface area contributed by atoms with Crippen LogP contribution in [0.25, 0.3) is 0 Å². The molecule has 0 aliphatic heterocycles. The summed E-state index contributed by atoms with van der Waals surface area (Å²) in [6.07, 6.45) is 4.23. The number of imidazole rings is 1. The Bertz CT molecular complexity index is 324. The Balaban J connectivity index is 2.33. The molecule has 7 heteroatoms. The standard InChI is InChI=1S/C10H20N6O/c1-8(6-17-2)15-10(16-11)13-4-3-9-5-12-7-14-9/h5,7-8H,3-4,6,11H2,1-2H3,(H,12,14)(H2,13,15,16). The van der Waals surface area contributed by atoms with Crippen LogP contribution in [-0.4, -0.2) is 42.2 Å². The maximum Gasteiger partial charge on any atom is 0.206 e. The molecule has 0 aliphatic carbocycles. The Morgan fingerprint density at radius 3 is 3.12 bits per heavy atom. The van der Waals surface area contributed by atoms with Gasteiger partial charge in [-0.25, -0.2) is 10.8 Å². The first-order valence-electron chi connectivity index (χ1n) is 5.50. The van der Waals surface area contributed by atoms with E-state index < -0.39 is 0 Å². The molecule has 0 saturated carbocycles. The van der Waals surface area contributed by atoms with Gasteiger partial charge in [0, 0.05) is 38.0 Å². The number of aliphatic imine (C=N–C) groups is 1. The van der Waals surface area contributed by atoms with Gasteiger partial charge in [-0.1, -0.05) is 0 Å². The summed E-state index contributed by atoms with van der Waals surface area (Å²) in [5, 5.41) is 3.11. The van der Waals surface area contributed by atoms with E-state index in [9.17, 15) is 0 Å². The average molecular weight is 240 g/mol. The number of nitrogens with one attached hydrogen (secondary N) is 3. The molecule has 0 aromatic carbocycles. The second-order valence-electron chi connectivity index (χ2n) is 3.70. The summed E-state index contributed by atoms with van der Waals surface area (Å²) >= 11 is 0. The van der Waals surface area contributed by atoms with Gasteiger partial charge >= 0.3 is 0 Å². The predicted octanol–water partition coefficient (Wildman–Crippen LogP) is -0.604. The lowest BCUT2D eigenvalue weighted by molar-refractivity contribution is 0.179. The first-order valence-corrected chi connectivity index (χ1v) is 5.50. The first-order chi connectivity index (χ1) is 8.26. The zero-order valence-corrected chi connectivity index (χ0v) is 10.2. The van der Waals surface area contributed by atoms with E-state index in [1.54, 1.807) is 19.6 Å². The Labute approximate surface area is 101 Å². The van der Waals surface area contributed by atoms with Crippen LogP contribution >= 0.6 is 0 Å². The second kappa shape index (κ2) is 7.64. The van der Waals surface area contributed by atoms with Crippen molar-refractivity contribution in [2.45, 2.75) is 19.4 Å². The summed E-state index contributed by atoms with van der Waals surface area (Å²) in [5.74, 6) is 5.94. The Morgan fingerprint density at radius 2 is 2.53 bits per heavy atom. The highest BCUT2D eigenvalue weighted by atomic mass is 16.5. The molecule has 1 aromatic heterocycles. The number of nitrogens with two attached hydrogens (primary N) is 1. The molecule has 0 fully saturated rings. The average Bonchev–Trinajstić information content (AvgIpc) is 2.81. The number of H-pyrrole nitrogens is 1. The molecule has 0 aliphatic rings. The molecule has 1 heterocycles. The molecular weight excluding hydrogens is 220 g/mol. The topological polar surface area (TPSA) is 100 Å². The fraction of sp³-hybridized carbons (Fsp3) is 0.600. The van der Waals surface area contributed by atoms with E-state index in [4.69, 9.17) is 10.6 Å². The second-order valence-corrected chi connectivity index (χ2v) is 3.70. The summed E-state index contributed by atoms with van der Waals surface area (Å²) in [7, 11) is 1.66. The van der Waals surface area contributed by atoms with Crippen molar-refractivity contribution in [1.82, 2.24) is 20.7 Å². The van der Waals surface area contributed by atoms with Crippen molar-refractivity contribution in [2.24, 2.45) is 10.8 Å². The molecule has 17 heavy (non-hydrogen) atoms. The minimum atomic E-state index is 0.155. The molecule has 1 rings (SSSR count). The van der Waals surface area contributed by atoms with Crippen LogP contribution in [0.4, 0.5) is 0 Å². The molecule has 0 spiro atoms. The van der Waals surface area contributed by atoms with Crippen molar-refractivity contribution in [3.05, 3.63) is 18.2 Å². The summed E-state index contributed by atoms with van der Waals surface area (Å²) < 4.78 is 5.01. The lowest BCUT2D eigenvalue weighted by Crippen LogP contribution is -2.47. The molecule has 0 amide bonds. The van der Waals surface area contributed by atoms with Gasteiger partial charge in [0.25, 0.3) is 0 Å². The fourth-order valence-corrected chi connectivity index (χ4v) is 1.37. The van der Waals surface area contributed by atoms with Crippen LogP contribution in [0.3, 0.4) is 0 Å². The number of hydrazine groups is 1. The largest absolute Gasteiger partial charge is 0.383 e. The molecule has 5 N–H and O–H groups in total. The van der Waals surface area contributed by atoms with Gasteiger partial charge in [0.05, 0.1) is 12.9 Å². The van der Waals surface area contributed by atoms with Gasteiger partial charge in [-0.15, -0.1) is 0 Å². The van der Waals surface area contributed by atoms with E-state index in [2.05, 4.69) is 25.7 Å². The van der Waals surface area contributed by atoms with Crippen molar-refractivity contribution in [1.29, 1.82) is 0 Å². The number of hydrogen-bond acceptors (Lipinski definition) is 4. The number of nitrogens with zero attached hydrogens (tertiary/aromatic N) is 2. The Morgan fingerprint density at radius 1 is 1.71 bits per heavy atom. The molecule has 0 saturated heterocycles. The van der Waals surface area contributed by atoms with E-state index in [0.717, 1.165) is 12.1 Å². The van der Waals surface area contributed by atoms with Crippen LogP contribution < -0.4 is 16.6 Å². The van der Waals surface area contributed by atoms with Crippen LogP contribution in [-0.2, 0) is 11.2 Å². The third-order valence-electron chi connectivity index (χ3n) is 2.14. The third-order valence-corrected chi connectivity index (χ3v) is 2.14. The van der Waals surface area contributed by atoms with Crippen LogP contribution in [0.1, 0.15) is 12.6 Å². The number of ether oxygens (including phenoxy) is 1. The van der Waals surface area contributed by atoms with Crippen LogP contribution in [0.2, 0.25) is 0 Å². The van der Waals surface area contributed by atoms with Crippen molar-refractivity contribution in [3.63, 3.8) is 0 Å². The molecule has 7 nitrogen and oxygen atoms in total. The smallest absolute Gasteiger partial charge is 0.206 e. The minimum absolute atomic E-state index is 0.155. The maximum atomic E-state index is 5.37. The van der Waals surface area contributed by atoms with Crippen molar-refractivity contribution in [3.8, 4) is 0 Å². The molecule has 1 atom stereocenters. The lowest BCUT2D eigenvalue weighted by atomic mass is 10.3. The Kier molecular flexibility index (Phi) is 6.05. The highest BCUT2D eigenvalue weighted by molar-refractivity contribution is 5.79. The number of hydrogen-bond donors (Lipinski definition) is 4. The third kappa shape index (κ3) is 5.32. The molecule has 1 aromatic rings. The zero-order chi connectivity index (χ0) is 12.5. The van der Waals surface area contributed by atoms with E-state index in [0.29, 0.717) is 19.1 Å². The molecule has 1 unspecified atom stereocenters. The summed E-state index contributed by atoms with van der Waals surface area (Å²) in [5.41, 5.74) is 3.58. The normalized spacial score (nSPS) is 13.5. The number of rotatable bonds is 6. The maximum absolute atomic E-state index is 5.37. The molecule has 0 radical (unpaired) electrons. The Hall–Kier alpha value is -1.60. The van der Waals surface area contributed by atoms with Crippen LogP contribution in [0, 0.1) is 0 Å². The number of methoxy groups -OCH3 is 1. The number of guanidine groups is 1. The van der Waals surface area contributed by atoms with Crippen molar-refractivity contribution >= 4 is 5.96 Å².